The van der Waals surface area contributed by atoms with Crippen LogP contribution in [-0.4, -0.2) is 22.8 Å². The number of nitrogens with zero attached hydrogens (tertiary/aromatic N) is 2. The SMILES string of the molecule is COc1ccc(-c2nc3c(Cl)cc(C(F)(F)F)cn3c2C=O)cc1. The van der Waals surface area contributed by atoms with Crippen LogP contribution >= 0.6 is 11.6 Å². The molecule has 0 aliphatic carbocycles. The Balaban J connectivity index is 2.26. The maximum absolute atomic E-state index is 12.9. The minimum atomic E-state index is -4.58. The van der Waals surface area contributed by atoms with Crippen LogP contribution in [0.5, 0.6) is 5.75 Å². The van der Waals surface area contributed by atoms with E-state index >= 15 is 0 Å². The first-order valence-electron chi connectivity index (χ1n) is 6.73. The zero-order valence-corrected chi connectivity index (χ0v) is 13.0. The average Bonchev–Trinajstić information content (AvgIpc) is 2.93. The second-order valence-electron chi connectivity index (χ2n) is 4.96. The van der Waals surface area contributed by atoms with Gasteiger partial charge < -0.3 is 4.74 Å². The summed E-state index contributed by atoms with van der Waals surface area (Å²) in [6, 6.07) is 7.43. The molecule has 0 aliphatic heterocycles. The van der Waals surface area contributed by atoms with Crippen molar-refractivity contribution in [1.29, 1.82) is 0 Å². The van der Waals surface area contributed by atoms with E-state index < -0.39 is 11.7 Å². The number of benzene rings is 1. The fourth-order valence-corrected chi connectivity index (χ4v) is 2.60. The topological polar surface area (TPSA) is 43.6 Å². The van der Waals surface area contributed by atoms with Gasteiger partial charge >= 0.3 is 6.18 Å². The number of halogens is 4. The minimum Gasteiger partial charge on any atom is -0.497 e. The number of methoxy groups -OCH3 is 1. The van der Waals surface area contributed by atoms with E-state index in [0.717, 1.165) is 16.7 Å². The minimum absolute atomic E-state index is 0.0110. The van der Waals surface area contributed by atoms with Crippen LogP contribution in [0.3, 0.4) is 0 Å². The third-order valence-electron chi connectivity index (χ3n) is 3.51. The summed E-state index contributed by atoms with van der Waals surface area (Å²) in [5.41, 5.74) is -0.0809. The molecule has 0 saturated heterocycles. The lowest BCUT2D eigenvalue weighted by atomic mass is 10.1. The fraction of sp³-hybridized carbons (Fsp3) is 0.125. The molecule has 0 amide bonds. The van der Waals surface area contributed by atoms with E-state index in [1.165, 1.54) is 7.11 Å². The van der Waals surface area contributed by atoms with E-state index in [-0.39, 0.29) is 22.1 Å². The Bertz CT molecular complexity index is 918. The van der Waals surface area contributed by atoms with Gasteiger partial charge in [0.1, 0.15) is 17.1 Å². The summed E-state index contributed by atoms with van der Waals surface area (Å²) in [5.74, 6) is 0.604. The Labute approximate surface area is 139 Å². The molecule has 0 unspecified atom stereocenters. The van der Waals surface area contributed by atoms with Crippen LogP contribution in [0.1, 0.15) is 16.1 Å². The van der Waals surface area contributed by atoms with Gasteiger partial charge in [0.05, 0.1) is 17.7 Å². The van der Waals surface area contributed by atoms with Crippen molar-refractivity contribution >= 4 is 23.5 Å². The number of fused-ring (bicyclic) bond motifs is 1. The van der Waals surface area contributed by atoms with Crippen molar-refractivity contribution < 1.29 is 22.7 Å². The molecule has 0 N–H and O–H groups in total. The Hall–Kier alpha value is -2.54. The zero-order chi connectivity index (χ0) is 17.5. The van der Waals surface area contributed by atoms with E-state index in [1.807, 2.05) is 0 Å². The summed E-state index contributed by atoms with van der Waals surface area (Å²) in [5, 5.41) is -0.187. The highest BCUT2D eigenvalue weighted by atomic mass is 35.5. The molecule has 3 aromatic rings. The number of pyridine rings is 1. The van der Waals surface area contributed by atoms with E-state index in [0.29, 0.717) is 17.6 Å². The number of carbonyl (C=O) groups is 1. The third kappa shape index (κ3) is 2.71. The van der Waals surface area contributed by atoms with Crippen LogP contribution in [0.15, 0.2) is 36.5 Å². The van der Waals surface area contributed by atoms with E-state index in [9.17, 15) is 18.0 Å². The maximum Gasteiger partial charge on any atom is 0.417 e. The number of hydrogen-bond donors (Lipinski definition) is 0. The molecule has 1 aromatic carbocycles. The Kier molecular flexibility index (Phi) is 3.96. The number of aromatic nitrogens is 2. The molecular formula is C16H10ClF3N2O2. The van der Waals surface area contributed by atoms with Gasteiger partial charge in [0.25, 0.3) is 0 Å². The molecule has 4 nitrogen and oxygen atoms in total. The largest absolute Gasteiger partial charge is 0.497 e. The normalized spacial score (nSPS) is 11.7. The molecule has 2 aromatic heterocycles. The van der Waals surface area contributed by atoms with Crippen molar-refractivity contribution in [3.63, 3.8) is 0 Å². The molecular weight excluding hydrogens is 345 g/mol. The second kappa shape index (κ2) is 5.83. The van der Waals surface area contributed by atoms with Gasteiger partial charge in [-0.3, -0.25) is 9.20 Å². The highest BCUT2D eigenvalue weighted by Gasteiger charge is 2.32. The van der Waals surface area contributed by atoms with Crippen LogP contribution in [0.4, 0.5) is 13.2 Å². The number of carbonyl (C=O) groups excluding carboxylic acids is 1. The predicted octanol–water partition coefficient (Wildman–Crippen LogP) is 4.49. The third-order valence-corrected chi connectivity index (χ3v) is 3.79. The highest BCUT2D eigenvalue weighted by molar-refractivity contribution is 6.33. The molecule has 0 saturated carbocycles. The van der Waals surface area contributed by atoms with Crippen molar-refractivity contribution in [1.82, 2.24) is 9.38 Å². The molecule has 0 aliphatic rings. The molecule has 0 fully saturated rings. The first-order chi connectivity index (χ1) is 11.3. The summed E-state index contributed by atoms with van der Waals surface area (Å²) >= 11 is 5.93. The number of rotatable bonds is 3. The molecule has 24 heavy (non-hydrogen) atoms. The molecule has 0 bridgehead atoms. The Morgan fingerprint density at radius 2 is 1.92 bits per heavy atom. The van der Waals surface area contributed by atoms with Gasteiger partial charge in [-0.2, -0.15) is 13.2 Å². The summed E-state index contributed by atoms with van der Waals surface area (Å²) in [6.45, 7) is 0. The quantitative estimate of drug-likeness (QED) is 0.651. The molecule has 8 heteroatoms. The van der Waals surface area contributed by atoms with Crippen molar-refractivity contribution in [3.05, 3.63) is 52.8 Å². The molecule has 3 rings (SSSR count). The van der Waals surface area contributed by atoms with Crippen LogP contribution in [0.2, 0.25) is 5.02 Å². The van der Waals surface area contributed by atoms with Crippen molar-refractivity contribution in [2.45, 2.75) is 6.18 Å². The van der Waals surface area contributed by atoms with Crippen LogP contribution in [0, 0.1) is 0 Å². The van der Waals surface area contributed by atoms with Gasteiger partial charge in [-0.15, -0.1) is 0 Å². The van der Waals surface area contributed by atoms with Gasteiger partial charge in [-0.05, 0) is 30.3 Å². The number of imidazole rings is 1. The Morgan fingerprint density at radius 1 is 1.25 bits per heavy atom. The first-order valence-corrected chi connectivity index (χ1v) is 7.11. The van der Waals surface area contributed by atoms with Crippen molar-refractivity contribution in [2.24, 2.45) is 0 Å². The number of aldehydes is 1. The molecule has 2 heterocycles. The van der Waals surface area contributed by atoms with Crippen molar-refractivity contribution in [2.75, 3.05) is 7.11 Å². The lowest BCUT2D eigenvalue weighted by Crippen LogP contribution is -2.07. The standard InChI is InChI=1S/C16H10ClF3N2O2/c1-24-11-4-2-9(3-5-11)14-13(8-23)22-7-10(16(18,19)20)6-12(17)15(22)21-14/h2-8H,1H3. The summed E-state index contributed by atoms with van der Waals surface area (Å²) in [6.07, 6.45) is -3.32. The van der Waals surface area contributed by atoms with E-state index in [2.05, 4.69) is 4.98 Å². The maximum atomic E-state index is 12.9. The van der Waals surface area contributed by atoms with Gasteiger partial charge in [0.2, 0.25) is 0 Å². The van der Waals surface area contributed by atoms with Gasteiger partial charge in [0, 0.05) is 11.8 Å². The smallest absolute Gasteiger partial charge is 0.417 e. The average molecular weight is 355 g/mol. The number of hydrogen-bond acceptors (Lipinski definition) is 3. The predicted molar refractivity (Wildman–Crippen MR) is 82.6 cm³/mol. The number of alkyl halides is 3. The summed E-state index contributed by atoms with van der Waals surface area (Å²) in [4.78, 5) is 15.7. The van der Waals surface area contributed by atoms with Crippen molar-refractivity contribution in [3.8, 4) is 17.0 Å². The zero-order valence-electron chi connectivity index (χ0n) is 12.3. The highest BCUT2D eigenvalue weighted by Crippen LogP contribution is 2.34. The van der Waals surface area contributed by atoms with Crippen LogP contribution < -0.4 is 4.74 Å². The number of ether oxygens (including phenoxy) is 1. The summed E-state index contributed by atoms with van der Waals surface area (Å²) in [7, 11) is 1.51. The molecule has 0 spiro atoms. The van der Waals surface area contributed by atoms with E-state index in [1.54, 1.807) is 24.3 Å². The monoisotopic (exact) mass is 354 g/mol. The lowest BCUT2D eigenvalue weighted by molar-refractivity contribution is -0.137. The van der Waals surface area contributed by atoms with Gasteiger partial charge in [0.15, 0.2) is 11.9 Å². The molecule has 0 atom stereocenters. The van der Waals surface area contributed by atoms with Gasteiger partial charge in [-0.1, -0.05) is 11.6 Å². The van der Waals surface area contributed by atoms with Gasteiger partial charge in [-0.25, -0.2) is 4.98 Å². The van der Waals surface area contributed by atoms with E-state index in [4.69, 9.17) is 16.3 Å². The molecule has 0 radical (unpaired) electrons. The fourth-order valence-electron chi connectivity index (χ4n) is 2.35. The molecule has 124 valence electrons. The Morgan fingerprint density at radius 3 is 2.46 bits per heavy atom. The summed E-state index contributed by atoms with van der Waals surface area (Å²) < 4.78 is 45.0. The second-order valence-corrected chi connectivity index (χ2v) is 5.37. The van der Waals surface area contributed by atoms with Crippen LogP contribution in [0.25, 0.3) is 16.9 Å². The lowest BCUT2D eigenvalue weighted by Gasteiger charge is -2.08. The first kappa shape index (κ1) is 16.3. The van der Waals surface area contributed by atoms with Crippen LogP contribution in [-0.2, 0) is 6.18 Å².